The predicted molar refractivity (Wildman–Crippen MR) is 127 cm³/mol. The van der Waals surface area contributed by atoms with Crippen molar-refractivity contribution in [2.75, 3.05) is 25.0 Å². The Hall–Kier alpha value is -1.94. The Morgan fingerprint density at radius 3 is 2.53 bits per heavy atom. The lowest BCUT2D eigenvalue weighted by Gasteiger charge is -2.30. The molecule has 1 aliphatic heterocycles. The van der Waals surface area contributed by atoms with Gasteiger partial charge < -0.3 is 10.1 Å². The van der Waals surface area contributed by atoms with Crippen LogP contribution in [0, 0.1) is 5.92 Å². The minimum absolute atomic E-state index is 0.0777. The molecule has 3 rings (SSSR count). The van der Waals surface area contributed by atoms with E-state index in [4.69, 9.17) is 16.3 Å². The van der Waals surface area contributed by atoms with Gasteiger partial charge in [-0.25, -0.2) is 17.5 Å². The van der Waals surface area contributed by atoms with Crippen molar-refractivity contribution in [1.82, 2.24) is 4.31 Å². The van der Waals surface area contributed by atoms with Gasteiger partial charge in [-0.05, 0) is 55.7 Å². The molecule has 2 aromatic rings. The number of piperidine rings is 1. The third kappa shape index (κ3) is 6.31. The number of sulfonamides is 1. The highest BCUT2D eigenvalue weighted by atomic mass is 79.9. The molecule has 0 aliphatic carbocycles. The van der Waals surface area contributed by atoms with Crippen LogP contribution in [0.5, 0.6) is 0 Å². The van der Waals surface area contributed by atoms with Crippen molar-refractivity contribution in [3.05, 3.63) is 63.1 Å². The number of carbonyl (C=O) groups excluding carboxylic acids is 2. The number of amides is 1. The highest BCUT2D eigenvalue weighted by Gasteiger charge is 2.31. The van der Waals surface area contributed by atoms with Gasteiger partial charge in [0.1, 0.15) is 0 Å². The molecule has 172 valence electrons. The lowest BCUT2D eigenvalue weighted by Crippen LogP contribution is -2.41. The Bertz CT molecular complexity index is 1100. The lowest BCUT2D eigenvalue weighted by molar-refractivity contribution is -0.120. The van der Waals surface area contributed by atoms with Crippen molar-refractivity contribution in [3.8, 4) is 0 Å². The molecule has 0 bridgehead atoms. The minimum atomic E-state index is -3.47. The maximum absolute atomic E-state index is 12.8. The molecule has 10 heteroatoms. The predicted octanol–water partition coefficient (Wildman–Crippen LogP) is 4.46. The summed E-state index contributed by atoms with van der Waals surface area (Å²) >= 11 is 9.57. The summed E-state index contributed by atoms with van der Waals surface area (Å²) in [6, 6.07) is 11.8. The van der Waals surface area contributed by atoms with Gasteiger partial charge in [0.15, 0.2) is 0 Å². The smallest absolute Gasteiger partial charge is 0.338 e. The number of anilines is 1. The maximum Gasteiger partial charge on any atom is 0.338 e. The zero-order valence-electron chi connectivity index (χ0n) is 17.5. The van der Waals surface area contributed by atoms with Gasteiger partial charge in [0.25, 0.3) is 0 Å². The molecule has 1 heterocycles. The van der Waals surface area contributed by atoms with E-state index in [1.165, 1.54) is 16.4 Å². The average Bonchev–Trinajstić information content (AvgIpc) is 2.75. The summed E-state index contributed by atoms with van der Waals surface area (Å²) < 4.78 is 32.7. The van der Waals surface area contributed by atoms with E-state index < -0.39 is 16.0 Å². The summed E-state index contributed by atoms with van der Waals surface area (Å²) in [6.45, 7) is 2.53. The van der Waals surface area contributed by atoms with E-state index in [1.807, 2.05) is 6.07 Å². The average molecular weight is 544 g/mol. The number of hydrogen-bond donors (Lipinski definition) is 1. The summed E-state index contributed by atoms with van der Waals surface area (Å²) in [5.74, 6) is -1.11. The Morgan fingerprint density at radius 2 is 1.91 bits per heavy atom. The molecule has 0 saturated carbocycles. The van der Waals surface area contributed by atoms with Gasteiger partial charge in [-0.15, -0.1) is 0 Å². The van der Waals surface area contributed by atoms with Crippen LogP contribution in [-0.2, 0) is 25.3 Å². The Labute approximate surface area is 201 Å². The van der Waals surface area contributed by atoms with E-state index in [0.717, 1.165) is 4.47 Å². The van der Waals surface area contributed by atoms with Crippen molar-refractivity contribution in [1.29, 1.82) is 0 Å². The topological polar surface area (TPSA) is 92.8 Å². The molecular weight excluding hydrogens is 520 g/mol. The number of ether oxygens (including phenoxy) is 1. The molecule has 0 atom stereocenters. The third-order valence-corrected chi connectivity index (χ3v) is 7.85. The lowest BCUT2D eigenvalue weighted by atomic mass is 9.97. The molecular formula is C22H24BrClN2O5S. The molecule has 0 spiro atoms. The van der Waals surface area contributed by atoms with Gasteiger partial charge >= 0.3 is 5.97 Å². The van der Waals surface area contributed by atoms with E-state index in [2.05, 4.69) is 21.2 Å². The normalized spacial score (nSPS) is 15.3. The Balaban J connectivity index is 1.57. The highest BCUT2D eigenvalue weighted by molar-refractivity contribution is 9.10. The van der Waals surface area contributed by atoms with Crippen LogP contribution in [0.4, 0.5) is 5.69 Å². The number of halogens is 2. The second-order valence-corrected chi connectivity index (χ2v) is 10.8. The number of hydrogen-bond acceptors (Lipinski definition) is 5. The van der Waals surface area contributed by atoms with Gasteiger partial charge in [-0.3, -0.25) is 4.79 Å². The van der Waals surface area contributed by atoms with E-state index in [0.29, 0.717) is 29.7 Å². The van der Waals surface area contributed by atoms with Crippen LogP contribution >= 0.6 is 27.5 Å². The molecule has 32 heavy (non-hydrogen) atoms. The third-order valence-electron chi connectivity index (χ3n) is 5.19. The Morgan fingerprint density at radius 1 is 1.19 bits per heavy atom. The van der Waals surface area contributed by atoms with E-state index in [9.17, 15) is 18.0 Å². The SMILES string of the molecule is CCOC(=O)c1ccc(NC(=O)C2CCN(S(=O)(=O)Cc3cccc(Br)c3)CC2)c(Cl)c1. The number of nitrogens with zero attached hydrogens (tertiary/aromatic N) is 1. The quantitative estimate of drug-likeness (QED) is 0.521. The van der Waals surface area contributed by atoms with Crippen molar-refractivity contribution in [2.45, 2.75) is 25.5 Å². The number of rotatable bonds is 7. The monoisotopic (exact) mass is 542 g/mol. The number of benzene rings is 2. The van der Waals surface area contributed by atoms with Crippen LogP contribution in [0.2, 0.25) is 5.02 Å². The first-order chi connectivity index (χ1) is 15.2. The van der Waals surface area contributed by atoms with Crippen LogP contribution in [0.15, 0.2) is 46.9 Å². The molecule has 1 saturated heterocycles. The Kier molecular flexibility index (Phi) is 8.32. The van der Waals surface area contributed by atoms with Gasteiger partial charge in [0.05, 0.1) is 28.6 Å². The van der Waals surface area contributed by atoms with Crippen molar-refractivity contribution >= 4 is 55.1 Å². The van der Waals surface area contributed by atoms with Gasteiger partial charge in [-0.2, -0.15) is 0 Å². The number of nitrogens with one attached hydrogen (secondary N) is 1. The van der Waals surface area contributed by atoms with Crippen LogP contribution in [0.25, 0.3) is 0 Å². The molecule has 1 N–H and O–H groups in total. The van der Waals surface area contributed by atoms with Crippen molar-refractivity contribution in [3.63, 3.8) is 0 Å². The molecule has 0 unspecified atom stereocenters. The van der Waals surface area contributed by atoms with E-state index in [1.54, 1.807) is 31.2 Å². The summed E-state index contributed by atoms with van der Waals surface area (Å²) in [7, 11) is -3.47. The first-order valence-electron chi connectivity index (χ1n) is 10.2. The molecule has 1 aliphatic rings. The van der Waals surface area contributed by atoms with Crippen LogP contribution in [0.1, 0.15) is 35.7 Å². The summed E-state index contributed by atoms with van der Waals surface area (Å²) in [4.78, 5) is 24.5. The van der Waals surface area contributed by atoms with E-state index in [-0.39, 0.29) is 42.3 Å². The molecule has 2 aromatic carbocycles. The largest absolute Gasteiger partial charge is 0.462 e. The maximum atomic E-state index is 12.8. The first-order valence-corrected chi connectivity index (χ1v) is 13.0. The van der Waals surface area contributed by atoms with Crippen LogP contribution in [-0.4, -0.2) is 44.3 Å². The standard InChI is InChI=1S/C22H24BrClN2O5S/c1-2-31-22(28)17-6-7-20(19(24)13-17)25-21(27)16-8-10-26(11-9-16)32(29,30)14-15-4-3-5-18(23)12-15/h3-7,12-13,16H,2,8-11,14H2,1H3,(H,25,27). The summed E-state index contributed by atoms with van der Waals surface area (Å²) in [6.07, 6.45) is 0.837. The van der Waals surface area contributed by atoms with Gasteiger partial charge in [0, 0.05) is 23.5 Å². The number of carbonyl (C=O) groups is 2. The minimum Gasteiger partial charge on any atom is -0.462 e. The van der Waals surface area contributed by atoms with E-state index >= 15 is 0 Å². The van der Waals surface area contributed by atoms with Crippen LogP contribution < -0.4 is 5.32 Å². The first kappa shape index (κ1) is 24.7. The fourth-order valence-corrected chi connectivity index (χ4v) is 5.74. The summed E-state index contributed by atoms with van der Waals surface area (Å²) in [5.41, 5.74) is 1.41. The number of esters is 1. The second-order valence-electron chi connectivity index (χ2n) is 7.46. The van der Waals surface area contributed by atoms with Gasteiger partial charge in [0.2, 0.25) is 15.9 Å². The summed E-state index contributed by atoms with van der Waals surface area (Å²) in [5, 5.41) is 3.02. The molecule has 0 radical (unpaired) electrons. The molecule has 1 fully saturated rings. The molecule has 0 aromatic heterocycles. The fraction of sp³-hybridized carbons (Fsp3) is 0.364. The molecule has 7 nitrogen and oxygen atoms in total. The second kappa shape index (κ2) is 10.8. The highest BCUT2D eigenvalue weighted by Crippen LogP contribution is 2.27. The van der Waals surface area contributed by atoms with Crippen molar-refractivity contribution < 1.29 is 22.7 Å². The zero-order chi connectivity index (χ0) is 23.3. The fourth-order valence-electron chi connectivity index (χ4n) is 3.52. The van der Waals surface area contributed by atoms with Crippen LogP contribution in [0.3, 0.4) is 0 Å². The van der Waals surface area contributed by atoms with Gasteiger partial charge in [-0.1, -0.05) is 39.7 Å². The van der Waals surface area contributed by atoms with Crippen molar-refractivity contribution in [2.24, 2.45) is 5.92 Å². The molecule has 1 amide bonds. The zero-order valence-corrected chi connectivity index (χ0v) is 20.7.